The fourth-order valence-corrected chi connectivity index (χ4v) is 4.92. The normalized spacial score (nSPS) is 39.5. The van der Waals surface area contributed by atoms with Crippen molar-refractivity contribution in [1.29, 1.82) is 0 Å². The SMILES string of the molecule is CC1CC(C(=O)O)CN(C(=O)NCCC2(O)CC3CCC2C3)C1. The van der Waals surface area contributed by atoms with Gasteiger partial charge >= 0.3 is 12.0 Å². The number of nitrogens with zero attached hydrogens (tertiary/aromatic N) is 1. The van der Waals surface area contributed by atoms with Crippen molar-refractivity contribution in [2.75, 3.05) is 19.6 Å². The highest BCUT2D eigenvalue weighted by Gasteiger charge is 2.49. The largest absolute Gasteiger partial charge is 0.481 e. The molecule has 6 nitrogen and oxygen atoms in total. The number of rotatable bonds is 4. The number of nitrogens with one attached hydrogen (secondary N) is 1. The molecular weight excluding hydrogens is 296 g/mol. The number of fused-ring (bicyclic) bond motifs is 2. The van der Waals surface area contributed by atoms with Crippen LogP contribution in [0.15, 0.2) is 0 Å². The van der Waals surface area contributed by atoms with Gasteiger partial charge in [-0.1, -0.05) is 6.92 Å². The van der Waals surface area contributed by atoms with Gasteiger partial charge in [-0.3, -0.25) is 4.79 Å². The second-order valence-electron chi connectivity index (χ2n) is 7.95. The van der Waals surface area contributed by atoms with E-state index in [4.69, 9.17) is 0 Å². The Bertz CT molecular complexity index is 483. The topological polar surface area (TPSA) is 89.9 Å². The number of hydrogen-bond acceptors (Lipinski definition) is 3. The van der Waals surface area contributed by atoms with E-state index in [1.807, 2.05) is 6.92 Å². The van der Waals surface area contributed by atoms with E-state index in [1.54, 1.807) is 4.90 Å². The molecule has 2 aliphatic carbocycles. The fraction of sp³-hybridized carbons (Fsp3) is 0.882. The molecule has 3 N–H and O–H groups in total. The monoisotopic (exact) mass is 324 g/mol. The molecule has 2 bridgehead atoms. The van der Waals surface area contributed by atoms with Crippen molar-refractivity contribution in [2.45, 2.75) is 51.0 Å². The molecule has 0 aromatic heterocycles. The average Bonchev–Trinajstić information content (AvgIpc) is 3.06. The number of hydrogen-bond donors (Lipinski definition) is 3. The Morgan fingerprint density at radius 3 is 2.65 bits per heavy atom. The van der Waals surface area contributed by atoms with Crippen LogP contribution in [0.3, 0.4) is 0 Å². The Morgan fingerprint density at radius 2 is 2.04 bits per heavy atom. The lowest BCUT2D eigenvalue weighted by Gasteiger charge is -2.35. The predicted molar refractivity (Wildman–Crippen MR) is 84.9 cm³/mol. The van der Waals surface area contributed by atoms with Crippen LogP contribution in [0.25, 0.3) is 0 Å². The van der Waals surface area contributed by atoms with Crippen LogP contribution in [0, 0.1) is 23.7 Å². The van der Waals surface area contributed by atoms with E-state index < -0.39 is 17.5 Å². The summed E-state index contributed by atoms with van der Waals surface area (Å²) in [6.45, 7) is 3.32. The van der Waals surface area contributed by atoms with Crippen molar-refractivity contribution in [3.63, 3.8) is 0 Å². The summed E-state index contributed by atoms with van der Waals surface area (Å²) in [4.78, 5) is 25.1. The first-order valence-electron chi connectivity index (χ1n) is 8.85. The van der Waals surface area contributed by atoms with E-state index in [0.717, 1.165) is 19.3 Å². The van der Waals surface area contributed by atoms with Crippen molar-refractivity contribution in [3.8, 4) is 0 Å². The molecule has 5 unspecified atom stereocenters. The third-order valence-corrected chi connectivity index (χ3v) is 6.07. The third-order valence-electron chi connectivity index (χ3n) is 6.07. The molecule has 0 spiro atoms. The predicted octanol–water partition coefficient (Wildman–Crippen LogP) is 1.68. The lowest BCUT2D eigenvalue weighted by molar-refractivity contribution is -0.143. The molecule has 5 atom stereocenters. The van der Waals surface area contributed by atoms with Crippen molar-refractivity contribution >= 4 is 12.0 Å². The Labute approximate surface area is 137 Å². The summed E-state index contributed by atoms with van der Waals surface area (Å²) in [5, 5.41) is 22.8. The Morgan fingerprint density at radius 1 is 1.26 bits per heavy atom. The number of carboxylic acids is 1. The van der Waals surface area contributed by atoms with Crippen LogP contribution < -0.4 is 5.32 Å². The van der Waals surface area contributed by atoms with E-state index in [0.29, 0.717) is 37.8 Å². The third kappa shape index (κ3) is 3.47. The molecular formula is C17H28N2O4. The van der Waals surface area contributed by atoms with Crippen LogP contribution in [0.4, 0.5) is 4.79 Å². The highest BCUT2D eigenvalue weighted by atomic mass is 16.4. The molecule has 0 aromatic carbocycles. The van der Waals surface area contributed by atoms with Gasteiger partial charge in [0.2, 0.25) is 0 Å². The molecule has 1 heterocycles. The number of carboxylic acid groups (broad SMARTS) is 1. The van der Waals surface area contributed by atoms with Gasteiger partial charge in [-0.05, 0) is 56.3 Å². The number of carbonyl (C=O) groups excluding carboxylic acids is 1. The molecule has 0 aromatic rings. The van der Waals surface area contributed by atoms with Crippen molar-refractivity contribution in [1.82, 2.24) is 10.2 Å². The van der Waals surface area contributed by atoms with Crippen LogP contribution >= 0.6 is 0 Å². The summed E-state index contributed by atoms with van der Waals surface area (Å²) >= 11 is 0. The zero-order valence-corrected chi connectivity index (χ0v) is 13.8. The fourth-order valence-electron chi connectivity index (χ4n) is 4.92. The molecule has 2 saturated carbocycles. The number of aliphatic hydroxyl groups is 1. The highest BCUT2D eigenvalue weighted by molar-refractivity contribution is 5.76. The summed E-state index contributed by atoms with van der Waals surface area (Å²) in [7, 11) is 0. The minimum absolute atomic E-state index is 0.199. The van der Waals surface area contributed by atoms with Crippen molar-refractivity contribution < 1.29 is 19.8 Å². The zero-order valence-electron chi connectivity index (χ0n) is 13.8. The number of carbonyl (C=O) groups is 2. The quantitative estimate of drug-likeness (QED) is 0.734. The molecule has 3 aliphatic rings. The lowest BCUT2D eigenvalue weighted by atomic mass is 9.82. The average molecular weight is 324 g/mol. The van der Waals surface area contributed by atoms with E-state index in [9.17, 15) is 19.8 Å². The number of aliphatic carboxylic acids is 1. The molecule has 0 radical (unpaired) electrons. The van der Waals surface area contributed by atoms with Crippen molar-refractivity contribution in [2.24, 2.45) is 23.7 Å². The van der Waals surface area contributed by atoms with Gasteiger partial charge in [0.05, 0.1) is 11.5 Å². The summed E-state index contributed by atoms with van der Waals surface area (Å²) in [5.74, 6) is -0.0361. The Kier molecular flexibility index (Phi) is 4.54. The van der Waals surface area contributed by atoms with Crippen LogP contribution in [0.5, 0.6) is 0 Å². The first-order chi connectivity index (χ1) is 10.9. The van der Waals surface area contributed by atoms with Gasteiger partial charge in [0.25, 0.3) is 0 Å². The summed E-state index contributed by atoms with van der Waals surface area (Å²) < 4.78 is 0. The van der Waals surface area contributed by atoms with E-state index >= 15 is 0 Å². The lowest BCUT2D eigenvalue weighted by Crippen LogP contribution is -2.50. The smallest absolute Gasteiger partial charge is 0.317 e. The summed E-state index contributed by atoms with van der Waals surface area (Å²) in [6.07, 6.45) is 5.58. The van der Waals surface area contributed by atoms with E-state index in [1.165, 1.54) is 6.42 Å². The minimum Gasteiger partial charge on any atom is -0.481 e. The molecule has 3 rings (SSSR count). The number of likely N-dealkylation sites (tertiary alicyclic amines) is 1. The standard InChI is InChI=1S/C17H28N2O4/c1-11-6-13(15(20)21)10-19(9-11)16(22)18-5-4-17(23)8-12-2-3-14(17)7-12/h11-14,23H,2-10H2,1H3,(H,18,22)(H,20,21). The van der Waals surface area contributed by atoms with Gasteiger partial charge < -0.3 is 20.4 Å². The second-order valence-corrected chi connectivity index (χ2v) is 7.95. The molecule has 1 aliphatic heterocycles. The molecule has 23 heavy (non-hydrogen) atoms. The second kappa shape index (κ2) is 6.30. The molecule has 1 saturated heterocycles. The van der Waals surface area contributed by atoms with Gasteiger partial charge in [0.15, 0.2) is 0 Å². The van der Waals surface area contributed by atoms with Gasteiger partial charge in [-0.15, -0.1) is 0 Å². The molecule has 3 fully saturated rings. The van der Waals surface area contributed by atoms with Gasteiger partial charge in [-0.25, -0.2) is 4.79 Å². The maximum atomic E-state index is 12.3. The summed E-state index contributed by atoms with van der Waals surface area (Å²) in [6, 6.07) is -0.199. The molecule has 130 valence electrons. The first kappa shape index (κ1) is 16.6. The summed E-state index contributed by atoms with van der Waals surface area (Å²) in [5.41, 5.74) is -0.602. The number of piperidine rings is 1. The van der Waals surface area contributed by atoms with E-state index in [2.05, 4.69) is 5.32 Å². The zero-order chi connectivity index (χ0) is 16.6. The molecule has 6 heteroatoms. The van der Waals surface area contributed by atoms with Crippen LogP contribution in [0.2, 0.25) is 0 Å². The van der Waals surface area contributed by atoms with Crippen molar-refractivity contribution in [3.05, 3.63) is 0 Å². The van der Waals surface area contributed by atoms with Gasteiger partial charge in [0.1, 0.15) is 0 Å². The first-order valence-corrected chi connectivity index (χ1v) is 8.85. The van der Waals surface area contributed by atoms with Gasteiger partial charge in [0, 0.05) is 19.6 Å². The Balaban J connectivity index is 1.46. The van der Waals surface area contributed by atoms with Gasteiger partial charge in [-0.2, -0.15) is 0 Å². The maximum absolute atomic E-state index is 12.3. The number of urea groups is 1. The van der Waals surface area contributed by atoms with E-state index in [-0.39, 0.29) is 18.5 Å². The Hall–Kier alpha value is -1.30. The maximum Gasteiger partial charge on any atom is 0.317 e. The minimum atomic E-state index is -0.828. The molecule has 2 amide bonds. The highest BCUT2D eigenvalue weighted by Crippen LogP contribution is 2.51. The van der Waals surface area contributed by atoms with Crippen LogP contribution in [0.1, 0.15) is 45.4 Å². The van der Waals surface area contributed by atoms with Crippen LogP contribution in [-0.2, 0) is 4.79 Å². The number of amides is 2. The van der Waals surface area contributed by atoms with Crippen LogP contribution in [-0.4, -0.2) is 52.3 Å².